The topological polar surface area (TPSA) is 59.1 Å². The van der Waals surface area contributed by atoms with Crippen molar-refractivity contribution >= 4 is 28.3 Å². The third-order valence-corrected chi connectivity index (χ3v) is 5.62. The molecule has 1 aliphatic carbocycles. The van der Waals surface area contributed by atoms with Gasteiger partial charge in [-0.05, 0) is 37.5 Å². The number of ketones is 1. The molecule has 0 atom stereocenters. The van der Waals surface area contributed by atoms with Crippen LogP contribution in [0.5, 0.6) is 0 Å². The molecule has 0 bridgehead atoms. The highest BCUT2D eigenvalue weighted by Gasteiger charge is 2.40. The number of rotatable bonds is 5. The van der Waals surface area contributed by atoms with Gasteiger partial charge in [0.1, 0.15) is 0 Å². The van der Waals surface area contributed by atoms with Crippen LogP contribution < -0.4 is 5.32 Å². The van der Waals surface area contributed by atoms with E-state index in [4.69, 9.17) is 0 Å². The molecule has 3 aromatic rings. The second-order valence-corrected chi connectivity index (χ2v) is 7.37. The summed E-state index contributed by atoms with van der Waals surface area (Å²) in [6.45, 7) is 1.57. The van der Waals surface area contributed by atoms with Gasteiger partial charge in [0.2, 0.25) is 5.91 Å². The molecule has 4 heteroatoms. The summed E-state index contributed by atoms with van der Waals surface area (Å²) in [4.78, 5) is 28.7. The van der Waals surface area contributed by atoms with Gasteiger partial charge in [-0.2, -0.15) is 0 Å². The van der Waals surface area contributed by atoms with Gasteiger partial charge in [0, 0.05) is 29.0 Å². The Morgan fingerprint density at radius 1 is 1.04 bits per heavy atom. The largest absolute Gasteiger partial charge is 0.324 e. The van der Waals surface area contributed by atoms with Crippen LogP contribution in [0.1, 0.15) is 48.5 Å². The number of amides is 1. The van der Waals surface area contributed by atoms with E-state index in [1.807, 2.05) is 54.6 Å². The van der Waals surface area contributed by atoms with Gasteiger partial charge in [0.15, 0.2) is 5.78 Å². The Labute approximate surface area is 158 Å². The van der Waals surface area contributed by atoms with E-state index in [0.717, 1.165) is 41.4 Å². The van der Waals surface area contributed by atoms with Gasteiger partial charge < -0.3 is 5.32 Å². The molecular formula is C23H22N2O2. The number of fused-ring (bicyclic) bond motifs is 1. The number of aromatic nitrogens is 1. The van der Waals surface area contributed by atoms with Gasteiger partial charge in [-0.1, -0.05) is 48.9 Å². The Morgan fingerprint density at radius 3 is 2.44 bits per heavy atom. The molecule has 4 nitrogen and oxygen atoms in total. The second-order valence-electron chi connectivity index (χ2n) is 7.37. The number of anilines is 1. The van der Waals surface area contributed by atoms with E-state index < -0.39 is 0 Å². The maximum absolute atomic E-state index is 12.8. The average Bonchev–Trinajstić information content (AvgIpc) is 2.65. The molecule has 136 valence electrons. The highest BCUT2D eigenvalue weighted by atomic mass is 16.1. The summed E-state index contributed by atoms with van der Waals surface area (Å²) in [5.41, 5.74) is 3.28. The molecule has 0 saturated heterocycles. The normalized spacial score (nSPS) is 15.1. The van der Waals surface area contributed by atoms with E-state index in [1.54, 1.807) is 13.1 Å². The zero-order chi connectivity index (χ0) is 18.9. The minimum absolute atomic E-state index is 0.00324. The molecule has 1 N–H and O–H groups in total. The number of benzene rings is 2. The number of pyridine rings is 1. The average molecular weight is 358 g/mol. The van der Waals surface area contributed by atoms with Crippen LogP contribution in [0.4, 0.5) is 5.69 Å². The summed E-state index contributed by atoms with van der Waals surface area (Å²) in [7, 11) is 0. The summed E-state index contributed by atoms with van der Waals surface area (Å²) in [6.07, 6.45) is 5.29. The van der Waals surface area contributed by atoms with E-state index in [2.05, 4.69) is 10.3 Å². The van der Waals surface area contributed by atoms with Crippen LogP contribution >= 0.6 is 0 Å². The van der Waals surface area contributed by atoms with Crippen molar-refractivity contribution in [3.05, 3.63) is 71.9 Å². The molecule has 0 unspecified atom stereocenters. The molecule has 1 heterocycles. The first-order valence-corrected chi connectivity index (χ1v) is 9.32. The zero-order valence-corrected chi connectivity index (χ0v) is 15.4. The summed E-state index contributed by atoms with van der Waals surface area (Å²) in [5.74, 6) is 0.0638. The van der Waals surface area contributed by atoms with Gasteiger partial charge >= 0.3 is 0 Å². The van der Waals surface area contributed by atoms with Gasteiger partial charge in [-0.3, -0.25) is 14.6 Å². The maximum Gasteiger partial charge on any atom is 0.225 e. The Balaban J connectivity index is 1.54. The van der Waals surface area contributed by atoms with Crippen molar-refractivity contribution in [2.75, 3.05) is 5.32 Å². The molecule has 0 aliphatic heterocycles. The fourth-order valence-electron chi connectivity index (χ4n) is 3.94. The summed E-state index contributed by atoms with van der Waals surface area (Å²) < 4.78 is 0. The van der Waals surface area contributed by atoms with Crippen molar-refractivity contribution in [2.24, 2.45) is 0 Å². The van der Waals surface area contributed by atoms with Crippen molar-refractivity contribution in [1.82, 2.24) is 4.98 Å². The van der Waals surface area contributed by atoms with Gasteiger partial charge in [0.05, 0.1) is 11.2 Å². The Morgan fingerprint density at radius 2 is 1.78 bits per heavy atom. The van der Waals surface area contributed by atoms with E-state index in [-0.39, 0.29) is 17.1 Å². The predicted molar refractivity (Wildman–Crippen MR) is 107 cm³/mol. The minimum Gasteiger partial charge on any atom is -0.324 e. The summed E-state index contributed by atoms with van der Waals surface area (Å²) in [5, 5.41) is 4.06. The first-order chi connectivity index (χ1) is 13.1. The highest BCUT2D eigenvalue weighted by molar-refractivity contribution is 6.00. The summed E-state index contributed by atoms with van der Waals surface area (Å²) in [6, 6.07) is 17.4. The lowest BCUT2D eigenvalue weighted by Gasteiger charge is -2.42. The molecule has 1 aliphatic rings. The molecule has 4 rings (SSSR count). The van der Waals surface area contributed by atoms with Crippen LogP contribution in [0.2, 0.25) is 0 Å². The second kappa shape index (κ2) is 6.95. The molecule has 2 aromatic carbocycles. The quantitative estimate of drug-likeness (QED) is 0.661. The van der Waals surface area contributed by atoms with E-state index >= 15 is 0 Å². The SMILES string of the molecule is CC(=O)c1ccc(C2(CC(=O)Nc3cccc4cccnc34)CCC2)cc1. The van der Waals surface area contributed by atoms with Crippen LogP contribution in [0.25, 0.3) is 10.9 Å². The smallest absolute Gasteiger partial charge is 0.225 e. The number of hydrogen-bond donors (Lipinski definition) is 1. The zero-order valence-electron chi connectivity index (χ0n) is 15.4. The molecule has 1 saturated carbocycles. The van der Waals surface area contributed by atoms with Gasteiger partial charge in [0.25, 0.3) is 0 Å². The lowest BCUT2D eigenvalue weighted by atomic mass is 9.62. The van der Waals surface area contributed by atoms with Crippen LogP contribution in [0.15, 0.2) is 60.8 Å². The molecule has 0 radical (unpaired) electrons. The fourth-order valence-corrected chi connectivity index (χ4v) is 3.94. The number of nitrogens with zero attached hydrogens (tertiary/aromatic N) is 1. The van der Waals surface area contributed by atoms with Crippen molar-refractivity contribution in [2.45, 2.75) is 38.0 Å². The first-order valence-electron chi connectivity index (χ1n) is 9.32. The first kappa shape index (κ1) is 17.4. The predicted octanol–water partition coefficient (Wildman–Crippen LogP) is 4.89. The van der Waals surface area contributed by atoms with Crippen molar-refractivity contribution < 1.29 is 9.59 Å². The molecular weight excluding hydrogens is 336 g/mol. The van der Waals surface area contributed by atoms with Crippen molar-refractivity contribution in [3.63, 3.8) is 0 Å². The fraction of sp³-hybridized carbons (Fsp3) is 0.261. The molecule has 0 spiro atoms. The highest BCUT2D eigenvalue weighted by Crippen LogP contribution is 2.46. The number of hydrogen-bond acceptors (Lipinski definition) is 3. The molecule has 27 heavy (non-hydrogen) atoms. The van der Waals surface area contributed by atoms with Gasteiger partial charge in [-0.15, -0.1) is 0 Å². The molecule has 1 aromatic heterocycles. The number of carbonyl (C=O) groups is 2. The monoisotopic (exact) mass is 358 g/mol. The van der Waals surface area contributed by atoms with Crippen molar-refractivity contribution in [1.29, 1.82) is 0 Å². The van der Waals surface area contributed by atoms with Crippen molar-refractivity contribution in [3.8, 4) is 0 Å². The minimum atomic E-state index is -0.128. The van der Waals surface area contributed by atoms with E-state index in [0.29, 0.717) is 12.0 Å². The van der Waals surface area contributed by atoms with Crippen LogP contribution in [-0.2, 0) is 10.2 Å². The third-order valence-electron chi connectivity index (χ3n) is 5.62. The van der Waals surface area contributed by atoms with Crippen LogP contribution in [0, 0.1) is 0 Å². The maximum atomic E-state index is 12.8. The van der Waals surface area contributed by atoms with E-state index in [1.165, 1.54) is 0 Å². The third kappa shape index (κ3) is 3.35. The Hall–Kier alpha value is -3.01. The molecule has 1 amide bonds. The molecule has 1 fully saturated rings. The standard InChI is InChI=1S/C23H22N2O2/c1-16(26)17-8-10-19(11-9-17)23(12-4-13-23)15-21(27)25-20-7-2-5-18-6-3-14-24-22(18)20/h2-3,5-11,14H,4,12-13,15H2,1H3,(H,25,27). The van der Waals surface area contributed by atoms with Crippen LogP contribution in [-0.4, -0.2) is 16.7 Å². The Kier molecular flexibility index (Phi) is 4.48. The van der Waals surface area contributed by atoms with Crippen LogP contribution in [0.3, 0.4) is 0 Å². The van der Waals surface area contributed by atoms with E-state index in [9.17, 15) is 9.59 Å². The number of carbonyl (C=O) groups excluding carboxylic acids is 2. The number of nitrogens with one attached hydrogen (secondary N) is 1. The Bertz CT molecular complexity index is 999. The number of para-hydroxylation sites is 1. The number of Topliss-reactive ketones (excluding diaryl/α,β-unsaturated/α-hetero) is 1. The summed E-state index contributed by atoms with van der Waals surface area (Å²) >= 11 is 0. The lowest BCUT2D eigenvalue weighted by Crippen LogP contribution is -2.38. The van der Waals surface area contributed by atoms with Gasteiger partial charge in [-0.25, -0.2) is 0 Å². The lowest BCUT2D eigenvalue weighted by molar-refractivity contribution is -0.118.